The number of likely N-dealkylation sites (tertiary alicyclic amines) is 1. The van der Waals surface area contributed by atoms with Crippen molar-refractivity contribution >= 4 is 11.8 Å². The molecule has 7 nitrogen and oxygen atoms in total. The van der Waals surface area contributed by atoms with Gasteiger partial charge >= 0.3 is 0 Å². The summed E-state index contributed by atoms with van der Waals surface area (Å²) in [7, 11) is 0. The zero-order chi connectivity index (χ0) is 22.3. The van der Waals surface area contributed by atoms with Crippen molar-refractivity contribution in [2.24, 2.45) is 0 Å². The van der Waals surface area contributed by atoms with Crippen LogP contribution >= 0.6 is 0 Å². The molecule has 3 N–H and O–H groups in total. The minimum atomic E-state index is -0.669. The van der Waals surface area contributed by atoms with E-state index in [4.69, 9.17) is 0 Å². The van der Waals surface area contributed by atoms with Gasteiger partial charge in [0, 0.05) is 44.1 Å². The number of aliphatic hydroxyl groups excluding tert-OH is 1. The molecule has 0 bridgehead atoms. The Kier molecular flexibility index (Phi) is 7.50. The van der Waals surface area contributed by atoms with Crippen LogP contribution in [0.2, 0.25) is 0 Å². The Balaban J connectivity index is 1.17. The van der Waals surface area contributed by atoms with Gasteiger partial charge in [-0.25, -0.2) is 0 Å². The van der Waals surface area contributed by atoms with Gasteiger partial charge < -0.3 is 20.6 Å². The summed E-state index contributed by atoms with van der Waals surface area (Å²) in [4.78, 5) is 30.9. The fourth-order valence-electron chi connectivity index (χ4n) is 4.46. The van der Waals surface area contributed by atoms with Crippen molar-refractivity contribution in [2.75, 3.05) is 26.2 Å². The van der Waals surface area contributed by atoms with Crippen LogP contribution in [0.3, 0.4) is 0 Å². The normalized spacial score (nSPS) is 17.1. The molecule has 1 aromatic heterocycles. The largest absolute Gasteiger partial charge is 0.390 e. The quantitative estimate of drug-likeness (QED) is 0.583. The van der Waals surface area contributed by atoms with Crippen molar-refractivity contribution in [3.63, 3.8) is 0 Å². The van der Waals surface area contributed by atoms with Crippen LogP contribution < -0.4 is 10.6 Å². The maximum Gasteiger partial charge on any atom is 0.252 e. The van der Waals surface area contributed by atoms with Crippen molar-refractivity contribution in [1.82, 2.24) is 20.5 Å². The highest BCUT2D eigenvalue weighted by atomic mass is 16.3. The van der Waals surface area contributed by atoms with Crippen molar-refractivity contribution in [2.45, 2.75) is 50.7 Å². The predicted molar refractivity (Wildman–Crippen MR) is 122 cm³/mol. The number of hydrogen-bond acceptors (Lipinski definition) is 5. The number of carbonyl (C=O) groups excluding carboxylic acids is 2. The lowest BCUT2D eigenvalue weighted by Crippen LogP contribution is -2.41. The molecule has 2 aliphatic rings. The van der Waals surface area contributed by atoms with Gasteiger partial charge in [0.15, 0.2) is 0 Å². The number of nitrogens with zero attached hydrogens (tertiary/aromatic N) is 2. The molecular weight excluding hydrogens is 404 g/mol. The van der Waals surface area contributed by atoms with Crippen LogP contribution in [0.1, 0.15) is 46.4 Å². The Morgan fingerprint density at radius 3 is 2.41 bits per heavy atom. The number of rotatable bonds is 8. The van der Waals surface area contributed by atoms with Crippen LogP contribution in [-0.2, 0) is 24.1 Å². The van der Waals surface area contributed by atoms with Gasteiger partial charge in [-0.2, -0.15) is 0 Å². The third-order valence-electron chi connectivity index (χ3n) is 6.32. The highest BCUT2D eigenvalue weighted by Gasteiger charge is 2.21. The summed E-state index contributed by atoms with van der Waals surface area (Å²) < 4.78 is 0. The highest BCUT2D eigenvalue weighted by molar-refractivity contribution is 5.93. The van der Waals surface area contributed by atoms with Crippen molar-refractivity contribution in [3.05, 3.63) is 65.0 Å². The molecule has 2 amide bonds. The summed E-state index contributed by atoms with van der Waals surface area (Å²) in [6.45, 7) is 2.24. The number of benzene rings is 1. The molecule has 0 radical (unpaired) electrons. The fraction of sp³-hybridized carbons (Fsp3) is 0.480. The molecule has 170 valence electrons. The zero-order valence-corrected chi connectivity index (χ0v) is 18.4. The minimum Gasteiger partial charge on any atom is -0.390 e. The number of carbonyl (C=O) groups is 2. The Morgan fingerprint density at radius 1 is 1.03 bits per heavy atom. The molecule has 0 saturated carbocycles. The first-order chi connectivity index (χ1) is 15.6. The molecule has 1 saturated heterocycles. The molecule has 1 fully saturated rings. The van der Waals surface area contributed by atoms with E-state index in [2.05, 4.69) is 39.9 Å². The minimum absolute atomic E-state index is 0.0929. The average molecular weight is 437 g/mol. The van der Waals surface area contributed by atoms with Gasteiger partial charge in [0.25, 0.3) is 5.91 Å². The molecule has 32 heavy (non-hydrogen) atoms. The molecule has 1 aromatic carbocycles. The van der Waals surface area contributed by atoms with Crippen LogP contribution in [0.5, 0.6) is 0 Å². The number of nitrogens with one attached hydrogen (secondary N) is 2. The number of hydrogen-bond donors (Lipinski definition) is 3. The van der Waals surface area contributed by atoms with Gasteiger partial charge in [0.05, 0.1) is 18.1 Å². The summed E-state index contributed by atoms with van der Waals surface area (Å²) in [6.07, 6.45) is 6.33. The van der Waals surface area contributed by atoms with Crippen LogP contribution in [-0.4, -0.2) is 65.1 Å². The van der Waals surface area contributed by atoms with Gasteiger partial charge in [0.1, 0.15) is 0 Å². The Labute approximate surface area is 189 Å². The van der Waals surface area contributed by atoms with Gasteiger partial charge in [-0.15, -0.1) is 0 Å². The second-order valence-corrected chi connectivity index (χ2v) is 8.80. The van der Waals surface area contributed by atoms with E-state index in [1.54, 1.807) is 12.1 Å². The number of amides is 2. The SMILES string of the molecule is O=C(NC[C@@H](O)CNC1Cc2ccccc2C1)c1ccc(CC(=O)N2CCCCC2)nc1. The van der Waals surface area contributed by atoms with E-state index in [1.165, 1.54) is 23.7 Å². The smallest absolute Gasteiger partial charge is 0.252 e. The van der Waals surface area contributed by atoms with Gasteiger partial charge in [-0.05, 0) is 55.4 Å². The lowest BCUT2D eigenvalue weighted by atomic mass is 10.1. The van der Waals surface area contributed by atoms with Crippen molar-refractivity contribution in [3.8, 4) is 0 Å². The molecule has 0 spiro atoms. The van der Waals surface area contributed by atoms with Gasteiger partial charge in [0.2, 0.25) is 5.91 Å². The summed E-state index contributed by atoms with van der Waals surface area (Å²) in [5.41, 5.74) is 3.81. The van der Waals surface area contributed by atoms with E-state index in [-0.39, 0.29) is 24.8 Å². The molecule has 1 aliphatic carbocycles. The first kappa shape index (κ1) is 22.4. The standard InChI is InChI=1S/C25H32N4O3/c30-23(16-27-22-12-18-6-2-3-7-19(18)13-22)17-28-25(32)20-8-9-21(26-15-20)14-24(31)29-10-4-1-5-11-29/h2-3,6-9,15,22-23,27,30H,1,4-5,10-14,16-17H2,(H,28,32)/t23-/m0/s1. The number of fused-ring (bicyclic) bond motifs is 1. The van der Waals surface area contributed by atoms with Crippen molar-refractivity contribution < 1.29 is 14.7 Å². The third kappa shape index (κ3) is 5.93. The number of aliphatic hydroxyl groups is 1. The second kappa shape index (κ2) is 10.7. The zero-order valence-electron chi connectivity index (χ0n) is 18.4. The van der Waals surface area contributed by atoms with Crippen molar-refractivity contribution in [1.29, 1.82) is 0 Å². The highest BCUT2D eigenvalue weighted by Crippen LogP contribution is 2.21. The van der Waals surface area contributed by atoms with E-state index < -0.39 is 6.10 Å². The van der Waals surface area contributed by atoms with E-state index in [9.17, 15) is 14.7 Å². The van der Waals surface area contributed by atoms with E-state index in [0.717, 1.165) is 38.8 Å². The summed E-state index contributed by atoms with van der Waals surface area (Å²) in [6, 6.07) is 12.1. The maximum atomic E-state index is 12.4. The molecule has 1 atom stereocenters. The molecule has 2 heterocycles. The molecule has 4 rings (SSSR count). The van der Waals surface area contributed by atoms with Crippen LogP contribution in [0.15, 0.2) is 42.6 Å². The molecule has 1 aliphatic heterocycles. The topological polar surface area (TPSA) is 94.6 Å². The fourth-order valence-corrected chi connectivity index (χ4v) is 4.46. The number of piperidine rings is 1. The Bertz CT molecular complexity index is 900. The molecular formula is C25H32N4O3. The Hall–Kier alpha value is -2.77. The van der Waals surface area contributed by atoms with Gasteiger partial charge in [-0.1, -0.05) is 24.3 Å². The lowest BCUT2D eigenvalue weighted by molar-refractivity contribution is -0.131. The first-order valence-corrected chi connectivity index (χ1v) is 11.6. The second-order valence-electron chi connectivity index (χ2n) is 8.80. The lowest BCUT2D eigenvalue weighted by Gasteiger charge is -2.26. The van der Waals surface area contributed by atoms with Crippen LogP contribution in [0.25, 0.3) is 0 Å². The monoisotopic (exact) mass is 436 g/mol. The summed E-state index contributed by atoms with van der Waals surface area (Å²) in [5.74, 6) is -0.186. The molecule has 7 heteroatoms. The van der Waals surface area contributed by atoms with E-state index >= 15 is 0 Å². The number of aromatic nitrogens is 1. The maximum absolute atomic E-state index is 12.4. The number of pyridine rings is 1. The van der Waals surface area contributed by atoms with Gasteiger partial charge in [-0.3, -0.25) is 14.6 Å². The van der Waals surface area contributed by atoms with Crippen LogP contribution in [0, 0.1) is 0 Å². The predicted octanol–water partition coefficient (Wildman–Crippen LogP) is 1.48. The molecule has 0 unspecified atom stereocenters. The third-order valence-corrected chi connectivity index (χ3v) is 6.32. The van der Waals surface area contributed by atoms with E-state index in [0.29, 0.717) is 23.8 Å². The summed E-state index contributed by atoms with van der Waals surface area (Å²) in [5, 5.41) is 16.4. The molecule has 2 aromatic rings. The first-order valence-electron chi connectivity index (χ1n) is 11.6. The van der Waals surface area contributed by atoms with Crippen LogP contribution in [0.4, 0.5) is 0 Å². The van der Waals surface area contributed by atoms with E-state index in [1.807, 2.05) is 4.90 Å². The Morgan fingerprint density at radius 2 is 1.75 bits per heavy atom. The summed E-state index contributed by atoms with van der Waals surface area (Å²) >= 11 is 0. The average Bonchev–Trinajstić information content (AvgIpc) is 3.25.